The van der Waals surface area contributed by atoms with Crippen LogP contribution in [-0.4, -0.2) is 22.3 Å². The number of nitrogens with zero attached hydrogens (tertiary/aromatic N) is 1. The molecule has 2 aromatic rings. The fraction of sp³-hybridized carbons (Fsp3) is 0.444. The molecule has 0 amide bonds. The van der Waals surface area contributed by atoms with Gasteiger partial charge in [0.25, 0.3) is 5.56 Å². The molecule has 134 valence electrons. The molecule has 7 heteroatoms. The van der Waals surface area contributed by atoms with Gasteiger partial charge < -0.3 is 9.72 Å². The fourth-order valence-electron chi connectivity index (χ4n) is 3.13. The molecular weight excluding hydrogens is 346 g/mol. The first-order valence-electron chi connectivity index (χ1n) is 8.25. The molecule has 1 fully saturated rings. The number of benzene rings is 1. The number of ether oxygens (including phenoxy) is 1. The number of methoxy groups -OCH3 is 1. The SMILES string of the molecule is COC(c1nc(SC2CCCC2)[nH]c(=O)c1C)c1c(F)cccc1F. The predicted octanol–water partition coefficient (Wildman–Crippen LogP) is 4.13. The van der Waals surface area contributed by atoms with Gasteiger partial charge in [-0.15, -0.1) is 0 Å². The van der Waals surface area contributed by atoms with Crippen molar-refractivity contribution in [1.82, 2.24) is 9.97 Å². The predicted molar refractivity (Wildman–Crippen MR) is 92.9 cm³/mol. The molecule has 0 aliphatic heterocycles. The standard InChI is InChI=1S/C18H20F2N2O2S/c1-10-15(16(24-2)14-12(19)8-5-9-13(14)20)21-18(22-17(10)23)25-11-6-3-4-7-11/h5,8-9,11,16H,3-4,6-7H2,1-2H3,(H,21,22,23). The van der Waals surface area contributed by atoms with E-state index in [0.717, 1.165) is 12.8 Å². The molecular formula is C18H20F2N2O2S. The lowest BCUT2D eigenvalue weighted by Crippen LogP contribution is -2.21. The Morgan fingerprint density at radius 1 is 1.28 bits per heavy atom. The van der Waals surface area contributed by atoms with Crippen LogP contribution in [0.3, 0.4) is 0 Å². The summed E-state index contributed by atoms with van der Waals surface area (Å²) in [6, 6.07) is 3.63. The number of aromatic nitrogens is 2. The number of H-pyrrole nitrogens is 1. The van der Waals surface area contributed by atoms with Gasteiger partial charge in [-0.25, -0.2) is 13.8 Å². The first-order chi connectivity index (χ1) is 12.0. The van der Waals surface area contributed by atoms with Crippen molar-refractivity contribution in [3.8, 4) is 0 Å². The molecule has 1 N–H and O–H groups in total. The Hall–Kier alpha value is -1.73. The van der Waals surface area contributed by atoms with Gasteiger partial charge in [0, 0.05) is 17.9 Å². The Bertz CT molecular complexity index is 799. The molecule has 4 nitrogen and oxygen atoms in total. The Morgan fingerprint density at radius 2 is 1.92 bits per heavy atom. The van der Waals surface area contributed by atoms with Gasteiger partial charge in [0.15, 0.2) is 5.16 Å². The summed E-state index contributed by atoms with van der Waals surface area (Å²) in [5.41, 5.74) is -0.00617. The van der Waals surface area contributed by atoms with Crippen molar-refractivity contribution in [2.45, 2.75) is 49.1 Å². The van der Waals surface area contributed by atoms with E-state index in [1.54, 1.807) is 6.92 Å². The van der Waals surface area contributed by atoms with Gasteiger partial charge in [-0.05, 0) is 31.9 Å². The van der Waals surface area contributed by atoms with Crippen LogP contribution in [0.25, 0.3) is 0 Å². The first kappa shape index (κ1) is 18.1. The summed E-state index contributed by atoms with van der Waals surface area (Å²) in [6.45, 7) is 1.58. The number of thioether (sulfide) groups is 1. The van der Waals surface area contributed by atoms with Crippen molar-refractivity contribution in [2.75, 3.05) is 7.11 Å². The lowest BCUT2D eigenvalue weighted by atomic mass is 10.0. The number of nitrogens with one attached hydrogen (secondary N) is 1. The van der Waals surface area contributed by atoms with E-state index in [2.05, 4.69) is 9.97 Å². The lowest BCUT2D eigenvalue weighted by Gasteiger charge is -2.19. The summed E-state index contributed by atoms with van der Waals surface area (Å²) >= 11 is 1.51. The molecule has 1 atom stereocenters. The zero-order valence-electron chi connectivity index (χ0n) is 14.1. The van der Waals surface area contributed by atoms with E-state index >= 15 is 0 Å². The summed E-state index contributed by atoms with van der Waals surface area (Å²) in [5, 5.41) is 0.876. The van der Waals surface area contributed by atoms with Crippen LogP contribution in [0.5, 0.6) is 0 Å². The minimum atomic E-state index is -1.08. The molecule has 1 heterocycles. The maximum atomic E-state index is 14.2. The minimum Gasteiger partial charge on any atom is -0.370 e. The second kappa shape index (κ2) is 7.66. The van der Waals surface area contributed by atoms with E-state index in [-0.39, 0.29) is 16.8 Å². The van der Waals surface area contributed by atoms with Gasteiger partial charge >= 0.3 is 0 Å². The van der Waals surface area contributed by atoms with Crippen molar-refractivity contribution >= 4 is 11.8 Å². The van der Waals surface area contributed by atoms with Crippen LogP contribution in [0.1, 0.15) is 48.6 Å². The van der Waals surface area contributed by atoms with E-state index in [0.29, 0.717) is 16.0 Å². The molecule has 1 aliphatic rings. The molecule has 1 saturated carbocycles. The summed E-state index contributed by atoms with van der Waals surface area (Å²) in [7, 11) is 1.35. The molecule has 0 spiro atoms. The van der Waals surface area contributed by atoms with Gasteiger partial charge in [-0.3, -0.25) is 4.79 Å². The smallest absolute Gasteiger partial charge is 0.254 e. The Labute approximate surface area is 149 Å². The molecule has 3 rings (SSSR count). The zero-order valence-corrected chi connectivity index (χ0v) is 15.0. The molecule has 0 saturated heterocycles. The third-order valence-electron chi connectivity index (χ3n) is 4.49. The van der Waals surface area contributed by atoms with E-state index < -0.39 is 17.7 Å². The van der Waals surface area contributed by atoms with Crippen LogP contribution < -0.4 is 5.56 Å². The quantitative estimate of drug-likeness (QED) is 0.809. The molecule has 1 aromatic carbocycles. The van der Waals surface area contributed by atoms with E-state index in [4.69, 9.17) is 4.74 Å². The maximum Gasteiger partial charge on any atom is 0.254 e. The highest BCUT2D eigenvalue weighted by Crippen LogP contribution is 2.34. The molecule has 0 bridgehead atoms. The normalized spacial score (nSPS) is 16.3. The van der Waals surface area contributed by atoms with E-state index in [1.807, 2.05) is 0 Å². The summed E-state index contributed by atoms with van der Waals surface area (Å²) in [6.07, 6.45) is 3.41. The second-order valence-corrected chi connectivity index (χ2v) is 7.45. The third kappa shape index (κ3) is 3.77. The molecule has 0 radical (unpaired) electrons. The van der Waals surface area contributed by atoms with Gasteiger partial charge in [-0.1, -0.05) is 30.7 Å². The van der Waals surface area contributed by atoms with Gasteiger partial charge in [0.1, 0.15) is 17.7 Å². The van der Waals surface area contributed by atoms with Gasteiger partial charge in [-0.2, -0.15) is 0 Å². The van der Waals surface area contributed by atoms with Crippen LogP contribution in [0, 0.1) is 18.6 Å². The average Bonchev–Trinajstić information content (AvgIpc) is 3.08. The number of rotatable bonds is 5. The van der Waals surface area contributed by atoms with Crippen LogP contribution in [0.4, 0.5) is 8.78 Å². The van der Waals surface area contributed by atoms with Gasteiger partial charge in [0.2, 0.25) is 0 Å². The molecule has 1 aromatic heterocycles. The summed E-state index contributed by atoms with van der Waals surface area (Å²) in [4.78, 5) is 19.5. The molecule has 25 heavy (non-hydrogen) atoms. The maximum absolute atomic E-state index is 14.2. The highest BCUT2D eigenvalue weighted by atomic mass is 32.2. The zero-order chi connectivity index (χ0) is 18.0. The Kier molecular flexibility index (Phi) is 5.54. The van der Waals surface area contributed by atoms with E-state index in [9.17, 15) is 13.6 Å². The number of aromatic amines is 1. The number of hydrogen-bond donors (Lipinski definition) is 1. The van der Waals surface area contributed by atoms with Crippen molar-refractivity contribution < 1.29 is 13.5 Å². The highest BCUT2D eigenvalue weighted by Gasteiger charge is 2.27. The first-order valence-corrected chi connectivity index (χ1v) is 9.13. The Balaban J connectivity index is 2.04. The summed E-state index contributed by atoms with van der Waals surface area (Å²) in [5.74, 6) is -1.45. The summed E-state index contributed by atoms with van der Waals surface area (Å²) < 4.78 is 33.7. The number of hydrogen-bond acceptors (Lipinski definition) is 4. The van der Waals surface area contributed by atoms with Crippen molar-refractivity contribution in [3.05, 3.63) is 57.0 Å². The van der Waals surface area contributed by atoms with Gasteiger partial charge in [0.05, 0.1) is 11.3 Å². The van der Waals surface area contributed by atoms with Crippen LogP contribution >= 0.6 is 11.8 Å². The highest BCUT2D eigenvalue weighted by molar-refractivity contribution is 7.99. The Morgan fingerprint density at radius 3 is 2.52 bits per heavy atom. The monoisotopic (exact) mass is 366 g/mol. The van der Waals surface area contributed by atoms with E-state index in [1.165, 1.54) is 49.9 Å². The van der Waals surface area contributed by atoms with Crippen LogP contribution in [-0.2, 0) is 4.74 Å². The van der Waals surface area contributed by atoms with Crippen LogP contribution in [0.2, 0.25) is 0 Å². The second-order valence-electron chi connectivity index (χ2n) is 6.16. The minimum absolute atomic E-state index is 0.233. The fourth-order valence-corrected chi connectivity index (χ4v) is 4.32. The van der Waals surface area contributed by atoms with Crippen molar-refractivity contribution in [3.63, 3.8) is 0 Å². The average molecular weight is 366 g/mol. The largest absolute Gasteiger partial charge is 0.370 e. The van der Waals surface area contributed by atoms with Crippen molar-refractivity contribution in [1.29, 1.82) is 0 Å². The third-order valence-corrected chi connectivity index (χ3v) is 5.72. The molecule has 1 unspecified atom stereocenters. The topological polar surface area (TPSA) is 55.0 Å². The lowest BCUT2D eigenvalue weighted by molar-refractivity contribution is 0.124. The number of halogens is 2. The molecule has 1 aliphatic carbocycles. The van der Waals surface area contributed by atoms with Crippen LogP contribution in [0.15, 0.2) is 28.2 Å². The van der Waals surface area contributed by atoms with Crippen molar-refractivity contribution in [2.24, 2.45) is 0 Å².